The van der Waals surface area contributed by atoms with Crippen molar-refractivity contribution in [2.24, 2.45) is 0 Å². The van der Waals surface area contributed by atoms with Crippen LogP contribution in [0.15, 0.2) is 167 Å². The van der Waals surface area contributed by atoms with Crippen LogP contribution in [-0.4, -0.2) is 48.6 Å². The van der Waals surface area contributed by atoms with E-state index >= 15 is 0 Å². The zero-order valence-electron chi connectivity index (χ0n) is 34.7. The first kappa shape index (κ1) is 42.4. The van der Waals surface area contributed by atoms with Crippen molar-refractivity contribution in [3.63, 3.8) is 0 Å². The number of carbonyl (C=O) groups is 2. The number of imidazole rings is 2. The first-order chi connectivity index (χ1) is 31.9. The van der Waals surface area contributed by atoms with Gasteiger partial charge >= 0.3 is 6.18 Å². The van der Waals surface area contributed by atoms with Gasteiger partial charge in [-0.1, -0.05) is 84.9 Å². The molecule has 0 unspecified atom stereocenters. The fraction of sp³-hybridized carbons (Fsp3) is 0.0385. The molecular weight excluding hydrogens is 846 g/mol. The molecule has 0 saturated heterocycles. The number of hydrogen-bond acceptors (Lipinski definition) is 7. The molecule has 6 aromatic carbocycles. The van der Waals surface area contributed by atoms with Gasteiger partial charge in [-0.15, -0.1) is 0 Å². The fourth-order valence-corrected chi connectivity index (χ4v) is 7.73. The van der Waals surface area contributed by atoms with Gasteiger partial charge in [-0.3, -0.25) is 19.2 Å². The highest BCUT2D eigenvalue weighted by Crippen LogP contribution is 2.36. The van der Waals surface area contributed by atoms with Crippen molar-refractivity contribution in [3.05, 3.63) is 207 Å². The molecule has 0 aliphatic rings. The predicted molar refractivity (Wildman–Crippen MR) is 250 cm³/mol. The Hall–Kier alpha value is -8.91. The summed E-state index contributed by atoms with van der Waals surface area (Å²) in [7, 11) is 1.58. The van der Waals surface area contributed by atoms with Crippen LogP contribution in [0.1, 0.15) is 37.9 Å². The minimum Gasteiger partial charge on any atom is -0.497 e. The third kappa shape index (κ3) is 8.58. The maximum atomic E-state index is 13.4. The van der Waals surface area contributed by atoms with E-state index in [0.29, 0.717) is 39.6 Å². The fourth-order valence-electron chi connectivity index (χ4n) is 7.73. The molecule has 0 atom stereocenters. The Balaban J connectivity index is 0.000000166. The van der Waals surface area contributed by atoms with Crippen LogP contribution in [0.5, 0.6) is 5.75 Å². The third-order valence-corrected chi connectivity index (χ3v) is 10.8. The van der Waals surface area contributed by atoms with E-state index in [1.807, 2.05) is 84.9 Å². The Bertz CT molecular complexity index is 3600. The van der Waals surface area contributed by atoms with Gasteiger partial charge in [0.25, 0.3) is 11.1 Å². The number of nitrogens with zero attached hydrogens (tertiary/aromatic N) is 2. The largest absolute Gasteiger partial charge is 0.497 e. The Morgan fingerprint density at radius 3 is 1.42 bits per heavy atom. The number of alkyl halides is 3. The smallest absolute Gasteiger partial charge is 0.416 e. The highest BCUT2D eigenvalue weighted by atomic mass is 19.4. The highest BCUT2D eigenvalue weighted by Gasteiger charge is 2.31. The van der Waals surface area contributed by atoms with E-state index in [4.69, 9.17) is 4.74 Å². The molecule has 0 aliphatic carbocycles. The van der Waals surface area contributed by atoms with Gasteiger partial charge in [0, 0.05) is 32.9 Å². The van der Waals surface area contributed by atoms with E-state index in [9.17, 15) is 32.3 Å². The van der Waals surface area contributed by atoms with Gasteiger partial charge < -0.3 is 24.7 Å². The molecule has 11 nitrogen and oxygen atoms in total. The number of fused-ring (bicyclic) bond motifs is 4. The lowest BCUT2D eigenvalue weighted by Gasteiger charge is -2.14. The van der Waals surface area contributed by atoms with E-state index in [-0.39, 0.29) is 27.6 Å². The molecule has 4 aromatic heterocycles. The summed E-state index contributed by atoms with van der Waals surface area (Å²) in [5.74, 6) is 0.528. The van der Waals surface area contributed by atoms with Crippen LogP contribution >= 0.6 is 0 Å². The maximum Gasteiger partial charge on any atom is 0.416 e. The van der Waals surface area contributed by atoms with Crippen molar-refractivity contribution in [2.75, 3.05) is 7.11 Å². The molecule has 66 heavy (non-hydrogen) atoms. The van der Waals surface area contributed by atoms with Crippen molar-refractivity contribution < 1.29 is 27.5 Å². The van der Waals surface area contributed by atoms with Gasteiger partial charge in [-0.05, 0) is 96.1 Å². The number of ether oxygens (including phenoxy) is 1. The van der Waals surface area contributed by atoms with Crippen LogP contribution in [0.2, 0.25) is 0 Å². The molecule has 0 radical (unpaired) electrons. The number of allylic oxidation sites excluding steroid dienone is 2. The number of para-hydroxylation sites is 4. The number of pyridine rings is 2. The normalized spacial score (nSPS) is 11.8. The predicted octanol–water partition coefficient (Wildman–Crippen LogP) is 11.0. The topological polar surface area (TPSA) is 166 Å². The summed E-state index contributed by atoms with van der Waals surface area (Å²) in [6.45, 7) is 0. The second kappa shape index (κ2) is 17.7. The molecule has 0 fully saturated rings. The zero-order chi connectivity index (χ0) is 46.0. The number of halogens is 3. The second-order valence-electron chi connectivity index (χ2n) is 15.0. The van der Waals surface area contributed by atoms with E-state index in [0.717, 1.165) is 39.6 Å². The average Bonchev–Trinajstić information content (AvgIpc) is 3.96. The summed E-state index contributed by atoms with van der Waals surface area (Å²) >= 11 is 0. The van der Waals surface area contributed by atoms with Gasteiger partial charge in [-0.25, -0.2) is 9.97 Å². The lowest BCUT2D eigenvalue weighted by Crippen LogP contribution is -2.19. The van der Waals surface area contributed by atoms with Crippen molar-refractivity contribution in [2.45, 2.75) is 6.18 Å². The number of ketones is 2. The van der Waals surface area contributed by atoms with Crippen molar-refractivity contribution >= 4 is 67.6 Å². The number of benzene rings is 6. The van der Waals surface area contributed by atoms with Crippen molar-refractivity contribution in [1.29, 1.82) is 0 Å². The summed E-state index contributed by atoms with van der Waals surface area (Å²) in [5.41, 5.74) is 3.78. The Morgan fingerprint density at radius 1 is 0.530 bits per heavy atom. The molecular formula is C52H35F3N6O5. The maximum absolute atomic E-state index is 13.4. The molecule has 0 aliphatic heterocycles. The number of aromatic nitrogens is 6. The first-order valence-electron chi connectivity index (χ1n) is 20.4. The molecule has 4 heterocycles. The molecule has 0 bridgehead atoms. The quantitative estimate of drug-likeness (QED) is 0.0827. The van der Waals surface area contributed by atoms with Gasteiger partial charge in [0.05, 0.1) is 45.9 Å². The number of methoxy groups -OCH3 is 1. The molecule has 10 rings (SSSR count). The Kier molecular flexibility index (Phi) is 11.4. The van der Waals surface area contributed by atoms with Crippen LogP contribution in [0, 0.1) is 0 Å². The second-order valence-corrected chi connectivity index (χ2v) is 15.0. The molecule has 0 amide bonds. The number of carbonyl (C=O) groups excluding carboxylic acids is 2. The molecule has 324 valence electrons. The lowest BCUT2D eigenvalue weighted by atomic mass is 9.93. The summed E-state index contributed by atoms with van der Waals surface area (Å²) in [6.07, 6.45) is 1.01. The van der Waals surface area contributed by atoms with E-state index in [1.165, 1.54) is 24.3 Å². The minimum absolute atomic E-state index is 0.0734. The van der Waals surface area contributed by atoms with Crippen LogP contribution in [-0.2, 0) is 6.18 Å². The van der Waals surface area contributed by atoms with E-state index in [2.05, 4.69) is 29.9 Å². The lowest BCUT2D eigenvalue weighted by molar-refractivity contribution is -0.137. The number of hydrogen-bond donors (Lipinski definition) is 4. The van der Waals surface area contributed by atoms with Crippen LogP contribution < -0.4 is 15.9 Å². The molecule has 14 heteroatoms. The monoisotopic (exact) mass is 880 g/mol. The number of aromatic amines is 4. The molecule has 0 spiro atoms. The molecule has 4 N–H and O–H groups in total. The van der Waals surface area contributed by atoms with Gasteiger partial charge in [0.15, 0.2) is 11.6 Å². The van der Waals surface area contributed by atoms with Crippen LogP contribution in [0.25, 0.3) is 78.3 Å². The Labute approximate surface area is 372 Å². The summed E-state index contributed by atoms with van der Waals surface area (Å²) in [6, 6.07) is 41.2. The van der Waals surface area contributed by atoms with Crippen LogP contribution in [0.4, 0.5) is 13.2 Å². The van der Waals surface area contributed by atoms with Gasteiger partial charge in [-0.2, -0.15) is 13.2 Å². The summed E-state index contributed by atoms with van der Waals surface area (Å²) < 4.78 is 45.6. The van der Waals surface area contributed by atoms with Crippen molar-refractivity contribution in [1.82, 2.24) is 29.9 Å². The zero-order valence-corrected chi connectivity index (χ0v) is 34.7. The number of nitrogens with one attached hydrogen (secondary N) is 4. The SMILES string of the molecule is COc1ccc2[nH]c(=O)c(C(=O)/C=C/c3nc4ccccc4[nH]3)c(-c3ccccc3)c2c1.O=C(/C=C/c1nc2ccccc2[nH]1)c1c(-c2ccccc2)c2cc(C(F)(F)F)ccc2[nH]c1=O. The van der Waals surface area contributed by atoms with Gasteiger partial charge in [0.1, 0.15) is 17.4 Å². The third-order valence-electron chi connectivity index (χ3n) is 10.8. The van der Waals surface area contributed by atoms with Crippen molar-refractivity contribution in [3.8, 4) is 28.0 Å². The van der Waals surface area contributed by atoms with E-state index < -0.39 is 34.4 Å². The molecule has 0 saturated carbocycles. The highest BCUT2D eigenvalue weighted by molar-refractivity contribution is 6.16. The average molecular weight is 881 g/mol. The summed E-state index contributed by atoms with van der Waals surface area (Å²) in [5, 5.41) is 0.858. The van der Waals surface area contributed by atoms with Gasteiger partial charge in [0.2, 0.25) is 0 Å². The Morgan fingerprint density at radius 2 is 0.970 bits per heavy atom. The standard InChI is InChI=1S/C26H16F3N3O2.C26H19N3O3/c27-26(28,29)16-10-11-18-17(14-16)23(15-6-2-1-3-7-15)24(25(34)32-18)21(33)12-13-22-30-19-8-4-5-9-20(19)31-22;1-32-17-11-12-19-18(15-17)24(16-7-3-2-4-8-16)25(26(31)29-19)22(30)13-14-23-27-20-9-5-6-10-21(20)28-23/h1-14H,(H,30,31)(H,32,34);2-15H,1H3,(H,27,28)(H,29,31)/b13-12+;14-13+. The van der Waals surface area contributed by atoms with E-state index in [1.54, 1.807) is 55.7 Å². The summed E-state index contributed by atoms with van der Waals surface area (Å²) in [4.78, 5) is 72.8. The number of rotatable bonds is 9. The van der Waals surface area contributed by atoms with Crippen LogP contribution in [0.3, 0.4) is 0 Å². The molecule has 10 aromatic rings. The number of H-pyrrole nitrogens is 4. The minimum atomic E-state index is -4.58. The first-order valence-corrected chi connectivity index (χ1v) is 20.4.